The van der Waals surface area contributed by atoms with Gasteiger partial charge in [0.25, 0.3) is 11.8 Å². The molecule has 4 rings (SSSR count). The van der Waals surface area contributed by atoms with Gasteiger partial charge in [-0.1, -0.05) is 41.9 Å². The number of nitrogens with zero attached hydrogens (tertiary/aromatic N) is 1. The van der Waals surface area contributed by atoms with Crippen molar-refractivity contribution in [1.82, 2.24) is 5.43 Å². The lowest BCUT2D eigenvalue weighted by Crippen LogP contribution is -2.20. The number of amides is 2. The first-order valence-corrected chi connectivity index (χ1v) is 13.2. The highest BCUT2D eigenvalue weighted by molar-refractivity contribution is 9.10. The summed E-state index contributed by atoms with van der Waals surface area (Å²) in [5, 5.41) is 7.35. The van der Waals surface area contributed by atoms with Crippen LogP contribution in [-0.2, 0) is 11.4 Å². The Labute approximate surface area is 245 Å². The fourth-order valence-corrected chi connectivity index (χ4v) is 4.12. The number of carbonyl (C=O) groups excluding carboxylic acids is 2. The van der Waals surface area contributed by atoms with E-state index in [4.69, 9.17) is 25.8 Å². The Morgan fingerprint density at radius 3 is 2.38 bits per heavy atom. The topological polar surface area (TPSA) is 98.3 Å². The van der Waals surface area contributed by atoms with Crippen molar-refractivity contribution in [2.45, 2.75) is 6.61 Å². The Bertz CT molecular complexity index is 1500. The average Bonchev–Trinajstić information content (AvgIpc) is 2.97. The van der Waals surface area contributed by atoms with E-state index < -0.39 is 5.91 Å². The van der Waals surface area contributed by atoms with Crippen molar-refractivity contribution in [3.63, 3.8) is 0 Å². The highest BCUT2D eigenvalue weighted by Gasteiger charge is 2.12. The summed E-state index contributed by atoms with van der Waals surface area (Å²) in [7, 11) is 1.52. The van der Waals surface area contributed by atoms with Crippen LogP contribution in [0, 0.1) is 0 Å². The molecule has 0 saturated heterocycles. The lowest BCUT2D eigenvalue weighted by atomic mass is 10.2. The molecule has 4 aromatic rings. The normalized spacial score (nSPS) is 10.7. The smallest absolute Gasteiger partial charge is 0.271 e. The number of halogens is 2. The summed E-state index contributed by atoms with van der Waals surface area (Å²) in [6, 6.07) is 26.7. The van der Waals surface area contributed by atoms with Crippen LogP contribution in [0.1, 0.15) is 21.5 Å². The summed E-state index contributed by atoms with van der Waals surface area (Å²) in [4.78, 5) is 24.8. The standard InChI is InChI=1S/C30H25BrClN3O5/c1-38-28-16-22(8-14-27(28)39-18-20-5-3-2-4-6-20)30(37)35-33-17-21-7-13-26(25(31)15-21)40-19-29(36)34-24-11-9-23(32)10-12-24/h2-17H,18-19H2,1H3,(H,34,36)(H,35,37)/b33-17+. The molecular weight excluding hydrogens is 598 g/mol. The highest BCUT2D eigenvalue weighted by Crippen LogP contribution is 2.29. The number of methoxy groups -OCH3 is 1. The molecule has 0 aliphatic carbocycles. The molecule has 0 fully saturated rings. The van der Waals surface area contributed by atoms with Gasteiger partial charge in [-0.15, -0.1) is 0 Å². The van der Waals surface area contributed by atoms with E-state index in [1.165, 1.54) is 13.3 Å². The van der Waals surface area contributed by atoms with Gasteiger partial charge >= 0.3 is 0 Å². The van der Waals surface area contributed by atoms with Crippen LogP contribution in [-0.4, -0.2) is 31.7 Å². The van der Waals surface area contributed by atoms with E-state index in [0.29, 0.717) is 50.2 Å². The second-order valence-corrected chi connectivity index (χ2v) is 9.66. The van der Waals surface area contributed by atoms with Gasteiger partial charge < -0.3 is 19.5 Å². The molecule has 0 spiro atoms. The summed E-state index contributed by atoms with van der Waals surface area (Å²) in [5.41, 5.74) is 5.21. The third kappa shape index (κ3) is 8.33. The van der Waals surface area contributed by atoms with E-state index in [2.05, 4.69) is 31.8 Å². The second kappa shape index (κ2) is 14.2. The number of rotatable bonds is 11. The Kier molecular flexibility index (Phi) is 10.1. The molecule has 0 heterocycles. The van der Waals surface area contributed by atoms with Crippen LogP contribution < -0.4 is 25.0 Å². The van der Waals surface area contributed by atoms with Gasteiger partial charge in [0, 0.05) is 16.3 Å². The molecule has 8 nitrogen and oxygen atoms in total. The zero-order valence-electron chi connectivity index (χ0n) is 21.4. The summed E-state index contributed by atoms with van der Waals surface area (Å²) in [6.07, 6.45) is 1.49. The van der Waals surface area contributed by atoms with Crippen molar-refractivity contribution >= 4 is 51.2 Å². The molecule has 40 heavy (non-hydrogen) atoms. The first-order valence-electron chi connectivity index (χ1n) is 12.1. The van der Waals surface area contributed by atoms with Crippen LogP contribution in [0.2, 0.25) is 5.02 Å². The quantitative estimate of drug-likeness (QED) is 0.148. The predicted octanol–water partition coefficient (Wildman–Crippen LogP) is 6.47. The largest absolute Gasteiger partial charge is 0.493 e. The number of carbonyl (C=O) groups is 2. The Balaban J connectivity index is 1.28. The van der Waals surface area contributed by atoms with E-state index >= 15 is 0 Å². The zero-order valence-corrected chi connectivity index (χ0v) is 23.7. The highest BCUT2D eigenvalue weighted by atomic mass is 79.9. The van der Waals surface area contributed by atoms with Gasteiger partial charge in [0.1, 0.15) is 12.4 Å². The lowest BCUT2D eigenvalue weighted by molar-refractivity contribution is -0.118. The van der Waals surface area contributed by atoms with E-state index in [0.717, 1.165) is 5.56 Å². The Morgan fingerprint density at radius 1 is 0.900 bits per heavy atom. The maximum Gasteiger partial charge on any atom is 0.271 e. The minimum absolute atomic E-state index is 0.176. The van der Waals surface area contributed by atoms with Crippen LogP contribution in [0.4, 0.5) is 5.69 Å². The van der Waals surface area contributed by atoms with Gasteiger partial charge in [0.2, 0.25) is 0 Å². The summed E-state index contributed by atoms with van der Waals surface area (Å²) < 4.78 is 17.5. The van der Waals surface area contributed by atoms with Gasteiger partial charge in [-0.25, -0.2) is 5.43 Å². The molecule has 0 unspecified atom stereocenters. The van der Waals surface area contributed by atoms with Crippen LogP contribution in [0.3, 0.4) is 0 Å². The molecule has 204 valence electrons. The van der Waals surface area contributed by atoms with Gasteiger partial charge in [0.15, 0.2) is 18.1 Å². The molecule has 0 aromatic heterocycles. The fourth-order valence-electron chi connectivity index (χ4n) is 3.48. The second-order valence-electron chi connectivity index (χ2n) is 8.37. The van der Waals surface area contributed by atoms with Crippen molar-refractivity contribution in [3.05, 3.63) is 117 Å². The molecular formula is C30H25BrClN3O5. The number of nitrogens with one attached hydrogen (secondary N) is 2. The van der Waals surface area contributed by atoms with Crippen molar-refractivity contribution in [3.8, 4) is 17.2 Å². The van der Waals surface area contributed by atoms with Gasteiger partial charge in [-0.05, 0) is 87.7 Å². The maximum absolute atomic E-state index is 12.6. The van der Waals surface area contributed by atoms with Crippen LogP contribution in [0.25, 0.3) is 0 Å². The molecule has 0 bridgehead atoms. The van der Waals surface area contributed by atoms with Crippen molar-refractivity contribution in [2.75, 3.05) is 19.0 Å². The van der Waals surface area contributed by atoms with Gasteiger partial charge in [0.05, 0.1) is 17.8 Å². The first kappa shape index (κ1) is 28.7. The fraction of sp³-hybridized carbons (Fsp3) is 0.100. The summed E-state index contributed by atoms with van der Waals surface area (Å²) in [6.45, 7) is 0.202. The molecule has 2 N–H and O–H groups in total. The Hall–Kier alpha value is -4.34. The first-order chi connectivity index (χ1) is 19.4. The molecule has 0 aliphatic heterocycles. The molecule has 0 saturated carbocycles. The molecule has 0 aliphatic rings. The number of hydrogen-bond donors (Lipinski definition) is 2. The molecule has 4 aromatic carbocycles. The summed E-state index contributed by atoms with van der Waals surface area (Å²) >= 11 is 9.29. The SMILES string of the molecule is COc1cc(C(=O)N/N=C/c2ccc(OCC(=O)Nc3ccc(Cl)cc3)c(Br)c2)ccc1OCc1ccccc1. The predicted molar refractivity (Wildman–Crippen MR) is 159 cm³/mol. The number of anilines is 1. The third-order valence-electron chi connectivity index (χ3n) is 5.49. The van der Waals surface area contributed by atoms with E-state index in [-0.39, 0.29) is 12.5 Å². The van der Waals surface area contributed by atoms with Crippen molar-refractivity contribution in [2.24, 2.45) is 5.10 Å². The molecule has 2 amide bonds. The van der Waals surface area contributed by atoms with Crippen LogP contribution >= 0.6 is 27.5 Å². The minimum Gasteiger partial charge on any atom is -0.493 e. The van der Waals surface area contributed by atoms with E-state index in [9.17, 15) is 9.59 Å². The maximum atomic E-state index is 12.6. The molecule has 10 heteroatoms. The van der Waals surface area contributed by atoms with Crippen molar-refractivity contribution in [1.29, 1.82) is 0 Å². The number of hydrazone groups is 1. The molecule has 0 atom stereocenters. The van der Waals surface area contributed by atoms with E-state index in [1.807, 2.05) is 30.3 Å². The zero-order chi connectivity index (χ0) is 28.3. The summed E-state index contributed by atoms with van der Waals surface area (Å²) in [5.74, 6) is 0.730. The Morgan fingerprint density at radius 2 is 1.65 bits per heavy atom. The molecule has 0 radical (unpaired) electrons. The number of ether oxygens (including phenoxy) is 3. The van der Waals surface area contributed by atoms with Crippen molar-refractivity contribution < 1.29 is 23.8 Å². The average molecular weight is 623 g/mol. The van der Waals surface area contributed by atoms with Crippen LogP contribution in [0.5, 0.6) is 17.2 Å². The number of hydrogen-bond acceptors (Lipinski definition) is 6. The van der Waals surface area contributed by atoms with E-state index in [1.54, 1.807) is 60.7 Å². The van der Waals surface area contributed by atoms with Crippen LogP contribution in [0.15, 0.2) is 101 Å². The minimum atomic E-state index is -0.408. The van der Waals surface area contributed by atoms with Gasteiger partial charge in [-0.3, -0.25) is 9.59 Å². The van der Waals surface area contributed by atoms with Gasteiger partial charge in [-0.2, -0.15) is 5.10 Å². The number of benzene rings is 4. The third-order valence-corrected chi connectivity index (χ3v) is 6.36. The lowest BCUT2D eigenvalue weighted by Gasteiger charge is -2.12. The monoisotopic (exact) mass is 621 g/mol.